The van der Waals surface area contributed by atoms with Crippen LogP contribution in [0.2, 0.25) is 0 Å². The fourth-order valence-electron chi connectivity index (χ4n) is 2.83. The molecule has 0 aliphatic heterocycles. The predicted octanol–water partition coefficient (Wildman–Crippen LogP) is 2.56. The van der Waals surface area contributed by atoms with Gasteiger partial charge < -0.3 is 10.3 Å². The van der Waals surface area contributed by atoms with Crippen molar-refractivity contribution in [3.05, 3.63) is 36.0 Å². The van der Waals surface area contributed by atoms with Crippen molar-refractivity contribution in [3.8, 4) is 0 Å². The summed E-state index contributed by atoms with van der Waals surface area (Å²) in [6, 6.07) is 8.98. The molecule has 2 heteroatoms. The number of fused-ring (bicyclic) bond motifs is 1. The summed E-state index contributed by atoms with van der Waals surface area (Å²) >= 11 is 0. The van der Waals surface area contributed by atoms with Crippen LogP contribution >= 0.6 is 0 Å². The zero-order chi connectivity index (χ0) is 11.2. The lowest BCUT2D eigenvalue weighted by molar-refractivity contribution is 0.253. The van der Waals surface area contributed by atoms with E-state index in [1.54, 1.807) is 0 Å². The van der Waals surface area contributed by atoms with Crippen molar-refractivity contribution in [1.82, 2.24) is 4.57 Å². The second kappa shape index (κ2) is 3.36. The fraction of sp³-hybridized carbons (Fsp3) is 0.429. The highest BCUT2D eigenvalue weighted by molar-refractivity contribution is 5.81. The number of rotatable bonds is 2. The maximum Gasteiger partial charge on any atom is 0.0477 e. The minimum atomic E-state index is 0.282. The Kier molecular flexibility index (Phi) is 2.08. The number of hydrogen-bond donors (Lipinski definition) is 1. The lowest BCUT2D eigenvalue weighted by Gasteiger charge is -2.41. The van der Waals surface area contributed by atoms with Crippen molar-refractivity contribution in [2.24, 2.45) is 12.8 Å². The molecule has 1 aromatic carbocycles. The molecule has 0 amide bonds. The normalized spacial score (nSPS) is 18.6. The molecule has 1 aliphatic carbocycles. The summed E-state index contributed by atoms with van der Waals surface area (Å²) in [5, 5.41) is 1.33. The highest BCUT2D eigenvalue weighted by Gasteiger charge is 2.37. The average Bonchev–Trinajstić information content (AvgIpc) is 2.60. The lowest BCUT2D eigenvalue weighted by Crippen LogP contribution is -2.41. The first-order chi connectivity index (χ1) is 7.75. The molecule has 0 radical (unpaired) electrons. The van der Waals surface area contributed by atoms with Crippen LogP contribution in [0.25, 0.3) is 10.9 Å². The highest BCUT2D eigenvalue weighted by atomic mass is 14.9. The van der Waals surface area contributed by atoms with Gasteiger partial charge in [0.1, 0.15) is 0 Å². The molecule has 1 saturated carbocycles. The van der Waals surface area contributed by atoms with Crippen molar-refractivity contribution in [1.29, 1.82) is 0 Å². The van der Waals surface area contributed by atoms with Gasteiger partial charge in [-0.1, -0.05) is 12.5 Å². The quantitative estimate of drug-likeness (QED) is 0.818. The van der Waals surface area contributed by atoms with E-state index in [-0.39, 0.29) is 5.41 Å². The second-order valence-electron chi connectivity index (χ2n) is 5.04. The molecule has 0 spiro atoms. The number of benzene rings is 1. The van der Waals surface area contributed by atoms with Crippen LogP contribution in [-0.2, 0) is 12.5 Å². The minimum Gasteiger partial charge on any atom is -0.351 e. The van der Waals surface area contributed by atoms with Crippen molar-refractivity contribution in [2.75, 3.05) is 6.54 Å². The Hall–Kier alpha value is -1.28. The van der Waals surface area contributed by atoms with Gasteiger partial charge in [0, 0.05) is 30.7 Å². The van der Waals surface area contributed by atoms with Crippen molar-refractivity contribution >= 4 is 10.9 Å². The molecule has 1 fully saturated rings. The van der Waals surface area contributed by atoms with E-state index in [0.717, 1.165) is 6.54 Å². The summed E-state index contributed by atoms with van der Waals surface area (Å²) < 4.78 is 2.16. The lowest BCUT2D eigenvalue weighted by atomic mass is 9.64. The molecule has 16 heavy (non-hydrogen) atoms. The van der Waals surface area contributed by atoms with Crippen LogP contribution in [0.5, 0.6) is 0 Å². The summed E-state index contributed by atoms with van der Waals surface area (Å²) in [6.45, 7) is 0.783. The Bertz CT molecular complexity index is 515. The van der Waals surface area contributed by atoms with Crippen LogP contribution in [0, 0.1) is 0 Å². The molecule has 84 valence electrons. The molecule has 2 N–H and O–H groups in total. The Morgan fingerprint density at radius 3 is 2.75 bits per heavy atom. The molecule has 2 aromatic rings. The molecule has 2 nitrogen and oxygen atoms in total. The van der Waals surface area contributed by atoms with E-state index < -0.39 is 0 Å². The van der Waals surface area contributed by atoms with E-state index in [2.05, 4.69) is 42.1 Å². The van der Waals surface area contributed by atoms with Gasteiger partial charge in [0.2, 0.25) is 0 Å². The monoisotopic (exact) mass is 214 g/mol. The molecule has 1 aliphatic rings. The zero-order valence-electron chi connectivity index (χ0n) is 9.74. The summed E-state index contributed by atoms with van der Waals surface area (Å²) in [4.78, 5) is 0. The highest BCUT2D eigenvalue weighted by Crippen LogP contribution is 2.43. The molecule has 1 heterocycles. The zero-order valence-corrected chi connectivity index (χ0v) is 9.74. The first-order valence-corrected chi connectivity index (χ1v) is 6.01. The van der Waals surface area contributed by atoms with Gasteiger partial charge >= 0.3 is 0 Å². The van der Waals surface area contributed by atoms with Crippen LogP contribution in [-0.4, -0.2) is 11.1 Å². The standard InChI is InChI=1S/C14H18N2/c1-16-8-5-11-9-12(3-4-13(11)16)14(10-15)6-2-7-14/h3-5,8-9H,2,6-7,10,15H2,1H3. The molecular weight excluding hydrogens is 196 g/mol. The third-order valence-electron chi connectivity index (χ3n) is 4.20. The summed E-state index contributed by atoms with van der Waals surface area (Å²) in [6.07, 6.45) is 5.94. The molecule has 0 saturated heterocycles. The number of hydrogen-bond acceptors (Lipinski definition) is 1. The van der Waals surface area contributed by atoms with Gasteiger partial charge in [0.25, 0.3) is 0 Å². The summed E-state index contributed by atoms with van der Waals surface area (Å²) in [7, 11) is 2.09. The molecule has 3 rings (SSSR count). The van der Waals surface area contributed by atoms with Gasteiger partial charge in [0.15, 0.2) is 0 Å². The Labute approximate surface area is 96.1 Å². The largest absolute Gasteiger partial charge is 0.351 e. The van der Waals surface area contributed by atoms with Crippen molar-refractivity contribution in [3.63, 3.8) is 0 Å². The Morgan fingerprint density at radius 1 is 1.31 bits per heavy atom. The van der Waals surface area contributed by atoms with Crippen LogP contribution < -0.4 is 5.73 Å². The predicted molar refractivity (Wildman–Crippen MR) is 67.5 cm³/mol. The first kappa shape index (κ1) is 9.91. The SMILES string of the molecule is Cn1ccc2cc(C3(CN)CCC3)ccc21. The second-order valence-corrected chi connectivity index (χ2v) is 5.04. The third kappa shape index (κ3) is 1.23. The summed E-state index contributed by atoms with van der Waals surface area (Å²) in [5.74, 6) is 0. The molecule has 1 aromatic heterocycles. The fourth-order valence-corrected chi connectivity index (χ4v) is 2.83. The van der Waals surface area contributed by atoms with Crippen LogP contribution in [0.15, 0.2) is 30.5 Å². The third-order valence-corrected chi connectivity index (χ3v) is 4.20. The number of aromatic nitrogens is 1. The minimum absolute atomic E-state index is 0.282. The van der Waals surface area contributed by atoms with Crippen LogP contribution in [0.1, 0.15) is 24.8 Å². The van der Waals surface area contributed by atoms with E-state index >= 15 is 0 Å². The molecule has 0 atom stereocenters. The number of aryl methyl sites for hydroxylation is 1. The van der Waals surface area contributed by atoms with Crippen LogP contribution in [0.3, 0.4) is 0 Å². The van der Waals surface area contributed by atoms with E-state index in [1.165, 1.54) is 35.7 Å². The smallest absolute Gasteiger partial charge is 0.0477 e. The topological polar surface area (TPSA) is 30.9 Å². The molecule has 0 unspecified atom stereocenters. The molecular formula is C14H18N2. The van der Waals surface area contributed by atoms with Gasteiger partial charge in [-0.2, -0.15) is 0 Å². The Balaban J connectivity index is 2.11. The number of nitrogens with zero attached hydrogens (tertiary/aromatic N) is 1. The van der Waals surface area contributed by atoms with Gasteiger partial charge in [0.05, 0.1) is 0 Å². The Morgan fingerprint density at radius 2 is 2.12 bits per heavy atom. The first-order valence-electron chi connectivity index (χ1n) is 6.01. The van der Waals surface area contributed by atoms with Crippen LogP contribution in [0.4, 0.5) is 0 Å². The van der Waals surface area contributed by atoms with E-state index in [0.29, 0.717) is 0 Å². The maximum absolute atomic E-state index is 5.94. The van der Waals surface area contributed by atoms with Gasteiger partial charge in [-0.15, -0.1) is 0 Å². The van der Waals surface area contributed by atoms with Crippen molar-refractivity contribution < 1.29 is 0 Å². The van der Waals surface area contributed by atoms with Gasteiger partial charge in [-0.3, -0.25) is 0 Å². The summed E-state index contributed by atoms with van der Waals surface area (Å²) in [5.41, 5.74) is 8.96. The average molecular weight is 214 g/mol. The molecule has 0 bridgehead atoms. The van der Waals surface area contributed by atoms with Gasteiger partial charge in [-0.05, 0) is 42.0 Å². The van der Waals surface area contributed by atoms with E-state index in [1.807, 2.05) is 0 Å². The van der Waals surface area contributed by atoms with E-state index in [4.69, 9.17) is 5.73 Å². The number of nitrogens with two attached hydrogens (primary N) is 1. The maximum atomic E-state index is 5.94. The van der Waals surface area contributed by atoms with Crippen molar-refractivity contribution in [2.45, 2.75) is 24.7 Å². The van der Waals surface area contributed by atoms with E-state index in [9.17, 15) is 0 Å². The van der Waals surface area contributed by atoms with Gasteiger partial charge in [-0.25, -0.2) is 0 Å².